The number of ether oxygens (including phenoxy) is 3. The van der Waals surface area contributed by atoms with E-state index in [1.807, 2.05) is 55.6 Å². The molecule has 168 valence electrons. The number of carbonyl (C=O) groups excluding carboxylic acids is 1. The highest BCUT2D eigenvalue weighted by atomic mass is 16.5. The summed E-state index contributed by atoms with van der Waals surface area (Å²) < 4.78 is 16.1. The molecule has 0 aliphatic heterocycles. The Morgan fingerprint density at radius 3 is 1.78 bits per heavy atom. The number of methoxy groups -OCH3 is 3. The summed E-state index contributed by atoms with van der Waals surface area (Å²) in [5.41, 5.74) is 3.13. The van der Waals surface area contributed by atoms with Crippen LogP contribution in [0.4, 0.5) is 0 Å². The van der Waals surface area contributed by atoms with Crippen molar-refractivity contribution in [3.05, 3.63) is 89.5 Å². The van der Waals surface area contributed by atoms with Crippen LogP contribution in [0.2, 0.25) is 0 Å². The molecule has 0 spiro atoms. The van der Waals surface area contributed by atoms with Gasteiger partial charge in [-0.1, -0.05) is 60.7 Å². The Morgan fingerprint density at radius 1 is 0.844 bits per heavy atom. The van der Waals surface area contributed by atoms with Crippen molar-refractivity contribution in [2.75, 3.05) is 34.9 Å². The SMILES string of the molecule is COc1cc(CNC(=O)CN(C)C(c2ccccc2)c2ccccc2)cc(OC)c1OC. The second-order valence-corrected chi connectivity index (χ2v) is 7.45. The Labute approximate surface area is 189 Å². The van der Waals surface area contributed by atoms with Crippen LogP contribution in [0, 0.1) is 0 Å². The van der Waals surface area contributed by atoms with Gasteiger partial charge in [0.15, 0.2) is 11.5 Å². The Hall–Kier alpha value is -3.51. The predicted octanol–water partition coefficient (Wildman–Crippen LogP) is 4.05. The first kappa shape index (κ1) is 23.2. The van der Waals surface area contributed by atoms with Crippen LogP contribution in [0.5, 0.6) is 17.2 Å². The zero-order chi connectivity index (χ0) is 22.9. The van der Waals surface area contributed by atoms with Crippen molar-refractivity contribution in [3.63, 3.8) is 0 Å². The second-order valence-electron chi connectivity index (χ2n) is 7.45. The van der Waals surface area contributed by atoms with Gasteiger partial charge in [-0.05, 0) is 35.9 Å². The van der Waals surface area contributed by atoms with Gasteiger partial charge in [0.25, 0.3) is 0 Å². The van der Waals surface area contributed by atoms with E-state index in [0.717, 1.165) is 16.7 Å². The maximum atomic E-state index is 12.8. The van der Waals surface area contributed by atoms with Crippen LogP contribution in [-0.2, 0) is 11.3 Å². The zero-order valence-corrected chi connectivity index (χ0v) is 19.0. The molecule has 0 aliphatic rings. The molecule has 0 aromatic heterocycles. The second kappa shape index (κ2) is 11.2. The fourth-order valence-electron chi connectivity index (χ4n) is 3.78. The van der Waals surface area contributed by atoms with E-state index in [1.54, 1.807) is 21.3 Å². The fourth-order valence-corrected chi connectivity index (χ4v) is 3.78. The van der Waals surface area contributed by atoms with Crippen molar-refractivity contribution >= 4 is 5.91 Å². The summed E-state index contributed by atoms with van der Waals surface area (Å²) in [6.07, 6.45) is 0. The molecule has 0 atom stereocenters. The van der Waals surface area contributed by atoms with Crippen LogP contribution in [0.25, 0.3) is 0 Å². The highest BCUT2D eigenvalue weighted by molar-refractivity contribution is 5.78. The lowest BCUT2D eigenvalue weighted by Gasteiger charge is -2.28. The van der Waals surface area contributed by atoms with Gasteiger partial charge in [-0.3, -0.25) is 9.69 Å². The fraction of sp³-hybridized carbons (Fsp3) is 0.269. The number of hydrogen-bond donors (Lipinski definition) is 1. The summed E-state index contributed by atoms with van der Waals surface area (Å²) in [6, 6.07) is 24.0. The normalized spacial score (nSPS) is 10.8. The van der Waals surface area contributed by atoms with E-state index in [1.165, 1.54) is 0 Å². The zero-order valence-electron chi connectivity index (χ0n) is 19.0. The molecule has 0 fully saturated rings. The average molecular weight is 435 g/mol. The first-order chi connectivity index (χ1) is 15.6. The largest absolute Gasteiger partial charge is 0.493 e. The molecule has 3 aromatic rings. The molecule has 3 aromatic carbocycles. The molecule has 3 rings (SSSR count). The summed E-state index contributed by atoms with van der Waals surface area (Å²) >= 11 is 0. The molecule has 0 saturated carbocycles. The summed E-state index contributed by atoms with van der Waals surface area (Å²) in [5.74, 6) is 1.57. The minimum Gasteiger partial charge on any atom is -0.493 e. The Morgan fingerprint density at radius 2 is 1.34 bits per heavy atom. The lowest BCUT2D eigenvalue weighted by Crippen LogP contribution is -2.37. The Kier molecular flexibility index (Phi) is 8.11. The number of likely N-dealkylation sites (N-methyl/N-ethyl adjacent to an activating group) is 1. The minimum atomic E-state index is -0.0712. The number of benzene rings is 3. The van der Waals surface area contributed by atoms with Crippen LogP contribution >= 0.6 is 0 Å². The van der Waals surface area contributed by atoms with Gasteiger partial charge in [0.05, 0.1) is 33.9 Å². The maximum Gasteiger partial charge on any atom is 0.234 e. The molecule has 0 bridgehead atoms. The standard InChI is InChI=1S/C26H30N2O4/c1-28(25(20-11-7-5-8-12-20)21-13-9-6-10-14-21)18-24(29)27-17-19-15-22(30-2)26(32-4)23(16-19)31-3/h5-16,25H,17-18H2,1-4H3,(H,27,29). The third kappa shape index (κ3) is 5.59. The summed E-state index contributed by atoms with van der Waals surface area (Å²) in [5, 5.41) is 3.00. The van der Waals surface area contributed by atoms with Gasteiger partial charge in [-0.2, -0.15) is 0 Å². The first-order valence-corrected chi connectivity index (χ1v) is 10.4. The molecule has 32 heavy (non-hydrogen) atoms. The molecule has 1 amide bonds. The van der Waals surface area contributed by atoms with E-state index in [0.29, 0.717) is 23.8 Å². The number of rotatable bonds is 10. The van der Waals surface area contributed by atoms with Gasteiger partial charge in [0.2, 0.25) is 11.7 Å². The molecular formula is C26H30N2O4. The molecule has 6 heteroatoms. The van der Waals surface area contributed by atoms with Gasteiger partial charge in [0, 0.05) is 6.54 Å². The van der Waals surface area contributed by atoms with E-state index < -0.39 is 0 Å². The molecule has 0 unspecified atom stereocenters. The molecule has 1 N–H and O–H groups in total. The van der Waals surface area contributed by atoms with Crippen LogP contribution in [0.15, 0.2) is 72.8 Å². The summed E-state index contributed by atoms with van der Waals surface area (Å²) in [7, 11) is 6.67. The number of amides is 1. The van der Waals surface area contributed by atoms with Gasteiger partial charge in [-0.25, -0.2) is 0 Å². The molecular weight excluding hydrogens is 404 g/mol. The molecule has 6 nitrogen and oxygen atoms in total. The lowest BCUT2D eigenvalue weighted by molar-refractivity contribution is -0.122. The highest BCUT2D eigenvalue weighted by Gasteiger charge is 2.21. The van der Waals surface area contributed by atoms with Crippen molar-refractivity contribution < 1.29 is 19.0 Å². The summed E-state index contributed by atoms with van der Waals surface area (Å²) in [4.78, 5) is 14.8. The first-order valence-electron chi connectivity index (χ1n) is 10.4. The van der Waals surface area contributed by atoms with Gasteiger partial charge in [0.1, 0.15) is 0 Å². The Bertz CT molecular complexity index is 944. The predicted molar refractivity (Wildman–Crippen MR) is 125 cm³/mol. The summed E-state index contributed by atoms with van der Waals surface area (Å²) in [6.45, 7) is 0.601. The highest BCUT2D eigenvalue weighted by Crippen LogP contribution is 2.38. The van der Waals surface area contributed by atoms with Crippen molar-refractivity contribution in [3.8, 4) is 17.2 Å². The van der Waals surface area contributed by atoms with Crippen molar-refractivity contribution in [2.45, 2.75) is 12.6 Å². The number of nitrogens with one attached hydrogen (secondary N) is 1. The van der Waals surface area contributed by atoms with Crippen molar-refractivity contribution in [2.24, 2.45) is 0 Å². The molecule has 0 saturated heterocycles. The van der Waals surface area contributed by atoms with E-state index in [-0.39, 0.29) is 18.5 Å². The van der Waals surface area contributed by atoms with Crippen LogP contribution < -0.4 is 19.5 Å². The maximum absolute atomic E-state index is 12.8. The van der Waals surface area contributed by atoms with E-state index in [9.17, 15) is 4.79 Å². The van der Waals surface area contributed by atoms with Gasteiger partial charge in [-0.15, -0.1) is 0 Å². The average Bonchev–Trinajstić information content (AvgIpc) is 2.83. The smallest absolute Gasteiger partial charge is 0.234 e. The van der Waals surface area contributed by atoms with Crippen molar-refractivity contribution in [1.29, 1.82) is 0 Å². The van der Waals surface area contributed by atoms with E-state index >= 15 is 0 Å². The van der Waals surface area contributed by atoms with Gasteiger partial charge < -0.3 is 19.5 Å². The minimum absolute atomic E-state index is 0.0238. The monoisotopic (exact) mass is 434 g/mol. The number of nitrogens with zero attached hydrogens (tertiary/aromatic N) is 1. The van der Waals surface area contributed by atoms with Crippen LogP contribution in [-0.4, -0.2) is 45.7 Å². The molecule has 0 radical (unpaired) electrons. The topological polar surface area (TPSA) is 60.0 Å². The van der Waals surface area contributed by atoms with E-state index in [2.05, 4.69) is 34.5 Å². The van der Waals surface area contributed by atoms with Crippen molar-refractivity contribution in [1.82, 2.24) is 10.2 Å². The molecule has 0 aliphatic carbocycles. The Balaban J connectivity index is 1.71. The lowest BCUT2D eigenvalue weighted by atomic mass is 9.97. The van der Waals surface area contributed by atoms with Crippen LogP contribution in [0.3, 0.4) is 0 Å². The number of hydrogen-bond acceptors (Lipinski definition) is 5. The van der Waals surface area contributed by atoms with Crippen LogP contribution in [0.1, 0.15) is 22.7 Å². The third-order valence-electron chi connectivity index (χ3n) is 5.28. The number of carbonyl (C=O) groups is 1. The third-order valence-corrected chi connectivity index (χ3v) is 5.28. The van der Waals surface area contributed by atoms with Gasteiger partial charge >= 0.3 is 0 Å². The van der Waals surface area contributed by atoms with E-state index in [4.69, 9.17) is 14.2 Å². The quantitative estimate of drug-likeness (QED) is 0.522. The molecule has 0 heterocycles.